The minimum absolute atomic E-state index is 0.0355. The van der Waals surface area contributed by atoms with Crippen LogP contribution in [0, 0.1) is 6.92 Å². The number of aromatic nitrogens is 3. The van der Waals surface area contributed by atoms with E-state index in [1.165, 1.54) is 0 Å². The standard InChI is InChI=1S/C14H14ClN3O2/c1-8(2)20-11-4-10(5-16-6-11)13-12(7-19)14(15)18-9(3)17-13/h4-8H,1-3H3. The Bertz CT molecular complexity index is 644. The second-order valence-electron chi connectivity index (χ2n) is 4.52. The molecule has 0 unspecified atom stereocenters. The number of aryl methyl sites for hydroxylation is 1. The molecule has 0 aliphatic heterocycles. The van der Waals surface area contributed by atoms with Gasteiger partial charge in [0, 0.05) is 11.8 Å². The molecule has 20 heavy (non-hydrogen) atoms. The highest BCUT2D eigenvalue weighted by Crippen LogP contribution is 2.27. The Morgan fingerprint density at radius 2 is 2.05 bits per heavy atom. The van der Waals surface area contributed by atoms with Gasteiger partial charge in [0.15, 0.2) is 6.29 Å². The monoisotopic (exact) mass is 291 g/mol. The second kappa shape index (κ2) is 5.96. The summed E-state index contributed by atoms with van der Waals surface area (Å²) in [6.07, 6.45) is 3.90. The van der Waals surface area contributed by atoms with Crippen molar-refractivity contribution in [3.05, 3.63) is 35.0 Å². The largest absolute Gasteiger partial charge is 0.489 e. The number of nitrogens with zero attached hydrogens (tertiary/aromatic N) is 3. The Kier molecular flexibility index (Phi) is 4.29. The molecule has 0 bridgehead atoms. The van der Waals surface area contributed by atoms with Crippen LogP contribution in [0.25, 0.3) is 11.3 Å². The molecule has 2 rings (SSSR count). The molecule has 0 atom stereocenters. The van der Waals surface area contributed by atoms with E-state index in [1.807, 2.05) is 13.8 Å². The highest BCUT2D eigenvalue weighted by atomic mass is 35.5. The lowest BCUT2D eigenvalue weighted by molar-refractivity contribution is 0.112. The third kappa shape index (κ3) is 3.11. The molecular formula is C14H14ClN3O2. The van der Waals surface area contributed by atoms with Crippen molar-refractivity contribution < 1.29 is 9.53 Å². The molecule has 0 aromatic carbocycles. The normalized spacial score (nSPS) is 10.7. The molecular weight excluding hydrogens is 278 g/mol. The number of rotatable bonds is 4. The molecule has 5 nitrogen and oxygen atoms in total. The van der Waals surface area contributed by atoms with Crippen molar-refractivity contribution in [3.63, 3.8) is 0 Å². The summed E-state index contributed by atoms with van der Waals surface area (Å²) >= 11 is 5.97. The Labute approximate surface area is 122 Å². The van der Waals surface area contributed by atoms with Crippen LogP contribution in [0.3, 0.4) is 0 Å². The first kappa shape index (κ1) is 14.4. The second-order valence-corrected chi connectivity index (χ2v) is 4.88. The summed E-state index contributed by atoms with van der Waals surface area (Å²) in [4.78, 5) is 23.5. The van der Waals surface area contributed by atoms with Crippen molar-refractivity contribution in [2.24, 2.45) is 0 Å². The van der Waals surface area contributed by atoms with Crippen molar-refractivity contribution in [2.75, 3.05) is 0 Å². The van der Waals surface area contributed by atoms with Crippen molar-refractivity contribution in [2.45, 2.75) is 26.9 Å². The third-order valence-corrected chi connectivity index (χ3v) is 2.78. The lowest BCUT2D eigenvalue weighted by atomic mass is 10.1. The maximum atomic E-state index is 11.2. The maximum absolute atomic E-state index is 11.2. The number of pyridine rings is 1. The topological polar surface area (TPSA) is 65.0 Å². The van der Waals surface area contributed by atoms with E-state index in [0.29, 0.717) is 29.1 Å². The molecule has 0 aliphatic rings. The van der Waals surface area contributed by atoms with Crippen LogP contribution in [0.5, 0.6) is 5.75 Å². The lowest BCUT2D eigenvalue weighted by Gasteiger charge is -2.11. The van der Waals surface area contributed by atoms with Gasteiger partial charge >= 0.3 is 0 Å². The fourth-order valence-corrected chi connectivity index (χ4v) is 2.01. The summed E-state index contributed by atoms with van der Waals surface area (Å²) in [6, 6.07) is 1.78. The number of hydrogen-bond acceptors (Lipinski definition) is 5. The molecule has 104 valence electrons. The molecule has 0 spiro atoms. The van der Waals surface area contributed by atoms with Crippen LogP contribution in [0.4, 0.5) is 0 Å². The van der Waals surface area contributed by atoms with Gasteiger partial charge in [0.05, 0.1) is 23.6 Å². The van der Waals surface area contributed by atoms with E-state index in [0.717, 1.165) is 0 Å². The van der Waals surface area contributed by atoms with Gasteiger partial charge in [-0.2, -0.15) is 0 Å². The zero-order valence-corrected chi connectivity index (χ0v) is 12.2. The van der Waals surface area contributed by atoms with Crippen molar-refractivity contribution in [1.82, 2.24) is 15.0 Å². The molecule has 0 aliphatic carbocycles. The lowest BCUT2D eigenvalue weighted by Crippen LogP contribution is -2.06. The molecule has 0 saturated heterocycles. The van der Waals surface area contributed by atoms with E-state index in [1.54, 1.807) is 25.4 Å². The van der Waals surface area contributed by atoms with E-state index in [4.69, 9.17) is 16.3 Å². The molecule has 2 aromatic heterocycles. The Morgan fingerprint density at radius 1 is 1.30 bits per heavy atom. The highest BCUT2D eigenvalue weighted by molar-refractivity contribution is 6.32. The van der Waals surface area contributed by atoms with E-state index in [-0.39, 0.29) is 16.8 Å². The molecule has 0 N–H and O–H groups in total. The van der Waals surface area contributed by atoms with Crippen molar-refractivity contribution in [1.29, 1.82) is 0 Å². The fourth-order valence-electron chi connectivity index (χ4n) is 1.76. The smallest absolute Gasteiger partial charge is 0.155 e. The van der Waals surface area contributed by atoms with E-state index in [9.17, 15) is 4.79 Å². The average Bonchev–Trinajstić information content (AvgIpc) is 2.37. The number of halogens is 1. The summed E-state index contributed by atoms with van der Waals surface area (Å²) in [5.41, 5.74) is 1.37. The third-order valence-electron chi connectivity index (χ3n) is 2.49. The van der Waals surface area contributed by atoms with Crippen LogP contribution < -0.4 is 4.74 Å². The van der Waals surface area contributed by atoms with Gasteiger partial charge in [-0.3, -0.25) is 9.78 Å². The Balaban J connectivity index is 2.53. The van der Waals surface area contributed by atoms with Gasteiger partial charge in [0.2, 0.25) is 0 Å². The van der Waals surface area contributed by atoms with Gasteiger partial charge in [-0.1, -0.05) is 11.6 Å². The van der Waals surface area contributed by atoms with Crippen molar-refractivity contribution >= 4 is 17.9 Å². The van der Waals surface area contributed by atoms with Gasteiger partial charge in [-0.25, -0.2) is 9.97 Å². The number of ether oxygens (including phenoxy) is 1. The average molecular weight is 292 g/mol. The van der Waals surface area contributed by atoms with Crippen molar-refractivity contribution in [3.8, 4) is 17.0 Å². The first-order chi connectivity index (χ1) is 9.51. The Hall–Kier alpha value is -2.01. The maximum Gasteiger partial charge on any atom is 0.155 e. The SMILES string of the molecule is Cc1nc(Cl)c(C=O)c(-c2cncc(OC(C)C)c2)n1. The minimum Gasteiger partial charge on any atom is -0.489 e. The first-order valence-corrected chi connectivity index (χ1v) is 6.50. The van der Waals surface area contributed by atoms with Gasteiger partial charge in [-0.05, 0) is 26.8 Å². The zero-order valence-electron chi connectivity index (χ0n) is 11.4. The summed E-state index contributed by atoms with van der Waals surface area (Å²) in [6.45, 7) is 5.57. The van der Waals surface area contributed by atoms with Crippen LogP contribution in [0.2, 0.25) is 5.15 Å². The number of hydrogen-bond donors (Lipinski definition) is 0. The molecule has 0 amide bonds. The molecule has 0 saturated carbocycles. The molecule has 0 radical (unpaired) electrons. The minimum atomic E-state index is 0.0355. The number of aldehydes is 1. The molecule has 2 aromatic rings. The Morgan fingerprint density at radius 3 is 2.70 bits per heavy atom. The van der Waals surface area contributed by atoms with Crippen LogP contribution in [0.15, 0.2) is 18.5 Å². The summed E-state index contributed by atoms with van der Waals surface area (Å²) < 4.78 is 5.58. The molecule has 2 heterocycles. The highest BCUT2D eigenvalue weighted by Gasteiger charge is 2.14. The van der Waals surface area contributed by atoms with E-state index >= 15 is 0 Å². The summed E-state index contributed by atoms with van der Waals surface area (Å²) in [5.74, 6) is 1.10. The van der Waals surface area contributed by atoms with Crippen LogP contribution in [-0.2, 0) is 0 Å². The van der Waals surface area contributed by atoms with Gasteiger partial charge < -0.3 is 4.74 Å². The van der Waals surface area contributed by atoms with E-state index < -0.39 is 0 Å². The molecule has 6 heteroatoms. The quantitative estimate of drug-likeness (QED) is 0.640. The summed E-state index contributed by atoms with van der Waals surface area (Å²) in [7, 11) is 0. The van der Waals surface area contributed by atoms with Gasteiger partial charge in [-0.15, -0.1) is 0 Å². The number of carbonyl (C=O) groups excluding carboxylic acids is 1. The van der Waals surface area contributed by atoms with Gasteiger partial charge in [0.25, 0.3) is 0 Å². The fraction of sp³-hybridized carbons (Fsp3) is 0.286. The molecule has 0 fully saturated rings. The van der Waals surface area contributed by atoms with Crippen LogP contribution in [-0.4, -0.2) is 27.3 Å². The summed E-state index contributed by atoms with van der Waals surface area (Å²) in [5, 5.41) is 0.137. The first-order valence-electron chi connectivity index (χ1n) is 6.12. The predicted molar refractivity (Wildman–Crippen MR) is 76.2 cm³/mol. The van der Waals surface area contributed by atoms with Crippen LogP contribution in [0.1, 0.15) is 30.0 Å². The zero-order chi connectivity index (χ0) is 14.7. The number of carbonyl (C=O) groups is 1. The predicted octanol–water partition coefficient (Wildman–Crippen LogP) is 3.10. The van der Waals surface area contributed by atoms with Gasteiger partial charge in [0.1, 0.15) is 16.7 Å². The van der Waals surface area contributed by atoms with Crippen LogP contribution >= 0.6 is 11.6 Å². The van der Waals surface area contributed by atoms with E-state index in [2.05, 4.69) is 15.0 Å².